The van der Waals surface area contributed by atoms with Crippen LogP contribution < -0.4 is 5.32 Å². The Labute approximate surface area is 104 Å². The number of benzene rings is 1. The first kappa shape index (κ1) is 10.9. The third kappa shape index (κ3) is 2.10. The average molecular weight is 246 g/mol. The van der Waals surface area contributed by atoms with E-state index in [9.17, 15) is 4.79 Å². The van der Waals surface area contributed by atoms with Gasteiger partial charge < -0.3 is 5.32 Å². The highest BCUT2D eigenvalue weighted by molar-refractivity contribution is 7.16. The normalized spacial score (nSPS) is 25.4. The molecule has 0 aliphatic carbocycles. The first-order chi connectivity index (χ1) is 8.22. The van der Waals surface area contributed by atoms with Crippen LogP contribution >= 0.6 is 11.3 Å². The van der Waals surface area contributed by atoms with Crippen LogP contribution in [0, 0.1) is 0 Å². The predicted molar refractivity (Wildman–Crippen MR) is 69.2 cm³/mol. The summed E-state index contributed by atoms with van der Waals surface area (Å²) in [5, 5.41) is 3.47. The molecule has 3 rings (SSSR count). The van der Waals surface area contributed by atoms with Crippen LogP contribution in [-0.2, 0) is 4.79 Å². The molecule has 0 bridgehead atoms. The van der Waals surface area contributed by atoms with Gasteiger partial charge in [-0.2, -0.15) is 0 Å². The van der Waals surface area contributed by atoms with Crippen LogP contribution in [0.1, 0.15) is 31.4 Å². The van der Waals surface area contributed by atoms with E-state index in [2.05, 4.69) is 35.4 Å². The Kier molecular flexibility index (Phi) is 2.68. The van der Waals surface area contributed by atoms with Gasteiger partial charge in [0.1, 0.15) is 5.78 Å². The number of hydrogen-bond acceptors (Lipinski definition) is 4. The van der Waals surface area contributed by atoms with Crippen LogP contribution in [0.15, 0.2) is 23.7 Å². The Balaban J connectivity index is 1.94. The van der Waals surface area contributed by atoms with Gasteiger partial charge in [-0.05, 0) is 24.6 Å². The Hall–Kier alpha value is -1.26. The second kappa shape index (κ2) is 4.20. The Morgan fingerprint density at radius 2 is 2.29 bits per heavy atom. The van der Waals surface area contributed by atoms with E-state index in [1.54, 1.807) is 11.3 Å². The van der Waals surface area contributed by atoms with Crippen LogP contribution in [0.5, 0.6) is 0 Å². The number of hydrogen-bond donors (Lipinski definition) is 1. The molecule has 0 amide bonds. The summed E-state index contributed by atoms with van der Waals surface area (Å²) >= 11 is 1.65. The van der Waals surface area contributed by atoms with Crippen LogP contribution in [0.4, 0.5) is 0 Å². The number of carbonyl (C=O) groups is 1. The third-order valence-corrected chi connectivity index (χ3v) is 4.02. The average Bonchev–Trinajstić information content (AvgIpc) is 2.74. The topological polar surface area (TPSA) is 42.0 Å². The predicted octanol–water partition coefficient (Wildman–Crippen LogP) is 2.68. The summed E-state index contributed by atoms with van der Waals surface area (Å²) in [5.41, 5.74) is 4.06. The van der Waals surface area contributed by atoms with Crippen molar-refractivity contribution in [2.45, 2.75) is 31.8 Å². The standard InChI is InChI=1S/C13H14N2OS/c1-8-4-10(16)6-11(15-8)9-2-3-13-12(5-9)14-7-17-13/h2-3,5,7-8,11,15H,4,6H2,1H3. The highest BCUT2D eigenvalue weighted by atomic mass is 32.1. The van der Waals surface area contributed by atoms with Gasteiger partial charge in [0.05, 0.1) is 15.7 Å². The van der Waals surface area contributed by atoms with E-state index in [0.717, 1.165) is 5.52 Å². The lowest BCUT2D eigenvalue weighted by Crippen LogP contribution is -2.38. The molecular weight excluding hydrogens is 232 g/mol. The van der Waals surface area contributed by atoms with Gasteiger partial charge in [-0.3, -0.25) is 4.79 Å². The summed E-state index contributed by atoms with van der Waals surface area (Å²) < 4.78 is 1.20. The highest BCUT2D eigenvalue weighted by Crippen LogP contribution is 2.27. The molecule has 88 valence electrons. The van der Waals surface area contributed by atoms with Crippen LogP contribution in [-0.4, -0.2) is 16.8 Å². The summed E-state index contributed by atoms with van der Waals surface area (Å²) in [7, 11) is 0. The van der Waals surface area contributed by atoms with Gasteiger partial charge in [0, 0.05) is 24.9 Å². The van der Waals surface area contributed by atoms with E-state index in [0.29, 0.717) is 18.6 Å². The second-order valence-electron chi connectivity index (χ2n) is 4.65. The summed E-state index contributed by atoms with van der Waals surface area (Å²) in [4.78, 5) is 15.9. The number of carbonyl (C=O) groups excluding carboxylic acids is 1. The van der Waals surface area contributed by atoms with E-state index in [4.69, 9.17) is 0 Å². The molecule has 1 N–H and O–H groups in total. The van der Waals surface area contributed by atoms with Crippen molar-refractivity contribution in [3.05, 3.63) is 29.3 Å². The van der Waals surface area contributed by atoms with Crippen molar-refractivity contribution in [2.75, 3.05) is 0 Å². The van der Waals surface area contributed by atoms with Crippen molar-refractivity contribution >= 4 is 27.3 Å². The quantitative estimate of drug-likeness (QED) is 0.841. The maximum absolute atomic E-state index is 11.6. The first-order valence-corrected chi connectivity index (χ1v) is 6.71. The summed E-state index contributed by atoms with van der Waals surface area (Å²) in [6, 6.07) is 6.70. The van der Waals surface area contributed by atoms with Crippen LogP contribution in [0.3, 0.4) is 0 Å². The number of fused-ring (bicyclic) bond motifs is 1. The van der Waals surface area contributed by atoms with Crippen molar-refractivity contribution in [3.63, 3.8) is 0 Å². The molecule has 0 saturated carbocycles. The molecular formula is C13H14N2OS. The molecule has 0 spiro atoms. The lowest BCUT2D eigenvalue weighted by atomic mass is 9.93. The molecule has 2 aromatic rings. The fraction of sp³-hybridized carbons (Fsp3) is 0.385. The van der Waals surface area contributed by atoms with Crippen LogP contribution in [0.2, 0.25) is 0 Å². The number of thiazole rings is 1. The summed E-state index contributed by atoms with van der Waals surface area (Å²) in [6.45, 7) is 2.06. The molecule has 3 nitrogen and oxygen atoms in total. The molecule has 1 aromatic carbocycles. The Morgan fingerprint density at radius 1 is 1.41 bits per heavy atom. The molecule has 2 heterocycles. The smallest absolute Gasteiger partial charge is 0.136 e. The van der Waals surface area contributed by atoms with E-state index in [1.807, 2.05) is 5.51 Å². The molecule has 0 radical (unpaired) electrons. The van der Waals surface area contributed by atoms with E-state index in [1.165, 1.54) is 10.3 Å². The number of nitrogens with one attached hydrogen (secondary N) is 1. The fourth-order valence-electron chi connectivity index (χ4n) is 2.42. The largest absolute Gasteiger partial charge is 0.307 e. The lowest BCUT2D eigenvalue weighted by molar-refractivity contribution is -0.121. The molecule has 1 saturated heterocycles. The summed E-state index contributed by atoms with van der Waals surface area (Å²) in [5.74, 6) is 0.347. The number of piperidine rings is 1. The van der Waals surface area contributed by atoms with Crippen molar-refractivity contribution in [1.82, 2.24) is 10.3 Å². The second-order valence-corrected chi connectivity index (χ2v) is 5.53. The minimum Gasteiger partial charge on any atom is -0.307 e. The highest BCUT2D eigenvalue weighted by Gasteiger charge is 2.25. The molecule has 1 fully saturated rings. The first-order valence-electron chi connectivity index (χ1n) is 5.83. The number of rotatable bonds is 1. The van der Waals surface area contributed by atoms with Gasteiger partial charge in [0.2, 0.25) is 0 Å². The van der Waals surface area contributed by atoms with Gasteiger partial charge in [0.25, 0.3) is 0 Å². The van der Waals surface area contributed by atoms with Crippen LogP contribution in [0.25, 0.3) is 10.2 Å². The van der Waals surface area contributed by atoms with Crippen molar-refractivity contribution in [3.8, 4) is 0 Å². The van der Waals surface area contributed by atoms with Gasteiger partial charge in [-0.1, -0.05) is 6.07 Å². The Bertz CT molecular complexity index is 563. The minimum atomic E-state index is 0.150. The van der Waals surface area contributed by atoms with E-state index in [-0.39, 0.29) is 12.1 Å². The zero-order valence-electron chi connectivity index (χ0n) is 9.64. The zero-order valence-corrected chi connectivity index (χ0v) is 10.5. The minimum absolute atomic E-state index is 0.150. The SMILES string of the molecule is CC1CC(=O)CC(c2ccc3scnc3c2)N1. The molecule has 1 aliphatic rings. The van der Waals surface area contributed by atoms with E-state index < -0.39 is 0 Å². The molecule has 1 aliphatic heterocycles. The molecule has 1 aromatic heterocycles. The molecule has 2 unspecified atom stereocenters. The van der Waals surface area contributed by atoms with Crippen molar-refractivity contribution in [1.29, 1.82) is 0 Å². The lowest BCUT2D eigenvalue weighted by Gasteiger charge is -2.28. The number of nitrogens with zero attached hydrogens (tertiary/aromatic N) is 1. The third-order valence-electron chi connectivity index (χ3n) is 3.21. The summed E-state index contributed by atoms with van der Waals surface area (Å²) in [6.07, 6.45) is 1.25. The zero-order chi connectivity index (χ0) is 11.8. The maximum atomic E-state index is 11.6. The molecule has 2 atom stereocenters. The number of Topliss-reactive ketones (excluding diaryl/α,β-unsaturated/α-hetero) is 1. The van der Waals surface area contributed by atoms with Crippen molar-refractivity contribution in [2.24, 2.45) is 0 Å². The van der Waals surface area contributed by atoms with Gasteiger partial charge in [-0.25, -0.2) is 4.98 Å². The number of aromatic nitrogens is 1. The molecule has 17 heavy (non-hydrogen) atoms. The van der Waals surface area contributed by atoms with Gasteiger partial charge in [-0.15, -0.1) is 11.3 Å². The molecule has 4 heteroatoms. The maximum Gasteiger partial charge on any atom is 0.136 e. The number of ketones is 1. The van der Waals surface area contributed by atoms with Gasteiger partial charge >= 0.3 is 0 Å². The van der Waals surface area contributed by atoms with Gasteiger partial charge in [0.15, 0.2) is 0 Å². The van der Waals surface area contributed by atoms with E-state index >= 15 is 0 Å². The van der Waals surface area contributed by atoms with Crippen molar-refractivity contribution < 1.29 is 4.79 Å². The Morgan fingerprint density at radius 3 is 3.12 bits per heavy atom. The fourth-order valence-corrected chi connectivity index (χ4v) is 3.08. The monoisotopic (exact) mass is 246 g/mol.